The van der Waals surface area contributed by atoms with Crippen LogP contribution in [0.4, 0.5) is 5.69 Å². The minimum atomic E-state index is -0.125. The minimum Gasteiger partial charge on any atom is -0.350 e. The topological polar surface area (TPSA) is 49.4 Å². The van der Waals surface area contributed by atoms with E-state index in [1.54, 1.807) is 11.0 Å². The minimum absolute atomic E-state index is 0.0418. The van der Waals surface area contributed by atoms with E-state index in [4.69, 9.17) is 11.6 Å². The predicted molar refractivity (Wildman–Crippen MR) is 150 cm³/mol. The fourth-order valence-electron chi connectivity index (χ4n) is 4.69. The second-order valence-electron chi connectivity index (χ2n) is 9.36. The van der Waals surface area contributed by atoms with E-state index in [1.807, 2.05) is 111 Å². The highest BCUT2D eigenvalue weighted by Gasteiger charge is 2.35. The first-order chi connectivity index (χ1) is 17.9. The summed E-state index contributed by atoms with van der Waals surface area (Å²) < 4.78 is 0. The number of hydrogen-bond acceptors (Lipinski definition) is 2. The maximum Gasteiger partial charge on any atom is 0.259 e. The molecule has 4 nitrogen and oxygen atoms in total. The second kappa shape index (κ2) is 10.5. The molecule has 0 bridgehead atoms. The molecule has 0 aliphatic carbocycles. The third kappa shape index (κ3) is 5.07. The van der Waals surface area contributed by atoms with Gasteiger partial charge in [-0.25, -0.2) is 0 Å². The van der Waals surface area contributed by atoms with Gasteiger partial charge in [-0.05, 0) is 60.9 Å². The van der Waals surface area contributed by atoms with Crippen molar-refractivity contribution in [1.82, 2.24) is 5.32 Å². The molecule has 184 valence electrons. The lowest BCUT2D eigenvalue weighted by Crippen LogP contribution is -2.30. The molecule has 2 amide bonds. The van der Waals surface area contributed by atoms with Gasteiger partial charge in [0.25, 0.3) is 11.8 Å². The maximum absolute atomic E-state index is 14.1. The van der Waals surface area contributed by atoms with Crippen molar-refractivity contribution < 1.29 is 9.59 Å². The van der Waals surface area contributed by atoms with Crippen LogP contribution >= 0.6 is 11.6 Å². The summed E-state index contributed by atoms with van der Waals surface area (Å²) in [4.78, 5) is 28.5. The number of amides is 2. The van der Waals surface area contributed by atoms with E-state index in [-0.39, 0.29) is 17.9 Å². The zero-order valence-electron chi connectivity index (χ0n) is 20.7. The van der Waals surface area contributed by atoms with Crippen molar-refractivity contribution in [3.63, 3.8) is 0 Å². The highest BCUT2D eigenvalue weighted by atomic mass is 35.5. The molecule has 0 radical (unpaired) electrons. The Morgan fingerprint density at radius 3 is 2.19 bits per heavy atom. The molecule has 0 saturated heterocycles. The molecule has 5 rings (SSSR count). The van der Waals surface area contributed by atoms with Gasteiger partial charge in [0, 0.05) is 27.8 Å². The highest BCUT2D eigenvalue weighted by molar-refractivity contribution is 6.39. The first kappa shape index (κ1) is 24.5. The largest absolute Gasteiger partial charge is 0.350 e. The molecule has 4 aromatic carbocycles. The molecule has 1 aliphatic heterocycles. The molecule has 0 saturated carbocycles. The van der Waals surface area contributed by atoms with Crippen molar-refractivity contribution in [3.8, 4) is 0 Å². The zero-order chi connectivity index (χ0) is 25.9. The van der Waals surface area contributed by atoms with E-state index in [2.05, 4.69) is 5.32 Å². The van der Waals surface area contributed by atoms with Gasteiger partial charge >= 0.3 is 0 Å². The number of hydrogen-bond donors (Lipinski definition) is 1. The van der Waals surface area contributed by atoms with E-state index in [1.165, 1.54) is 0 Å². The lowest BCUT2D eigenvalue weighted by atomic mass is 9.90. The molecule has 1 aliphatic rings. The van der Waals surface area contributed by atoms with Crippen LogP contribution in [0.25, 0.3) is 11.1 Å². The van der Waals surface area contributed by atoms with Crippen LogP contribution in [-0.2, 0) is 11.3 Å². The Morgan fingerprint density at radius 1 is 0.811 bits per heavy atom. The van der Waals surface area contributed by atoms with Gasteiger partial charge in [-0.2, -0.15) is 0 Å². The Morgan fingerprint density at radius 2 is 1.46 bits per heavy atom. The van der Waals surface area contributed by atoms with Gasteiger partial charge < -0.3 is 10.2 Å². The molecule has 1 heterocycles. The summed E-state index contributed by atoms with van der Waals surface area (Å²) in [5, 5.41) is 3.57. The second-order valence-corrected chi connectivity index (χ2v) is 9.80. The van der Waals surface area contributed by atoms with E-state index in [9.17, 15) is 9.59 Å². The van der Waals surface area contributed by atoms with Crippen molar-refractivity contribution in [2.24, 2.45) is 0 Å². The summed E-state index contributed by atoms with van der Waals surface area (Å²) in [5.41, 5.74) is 6.58. The molecule has 5 heteroatoms. The summed E-state index contributed by atoms with van der Waals surface area (Å²) in [6, 6.07) is 32.9. The summed E-state index contributed by atoms with van der Waals surface area (Å²) in [7, 11) is 0. The van der Waals surface area contributed by atoms with Crippen molar-refractivity contribution in [2.75, 3.05) is 4.90 Å². The van der Waals surface area contributed by atoms with Crippen LogP contribution in [-0.4, -0.2) is 17.9 Å². The number of rotatable bonds is 6. The summed E-state index contributed by atoms with van der Waals surface area (Å²) >= 11 is 6.19. The molecule has 37 heavy (non-hydrogen) atoms. The third-order valence-corrected chi connectivity index (χ3v) is 6.57. The Balaban J connectivity index is 1.61. The molecule has 0 spiro atoms. The Hall–Kier alpha value is -4.15. The first-order valence-corrected chi connectivity index (χ1v) is 12.7. The number of benzene rings is 4. The summed E-state index contributed by atoms with van der Waals surface area (Å²) in [5.74, 6) is -0.202. The average molecular weight is 507 g/mol. The van der Waals surface area contributed by atoms with Gasteiger partial charge in [0.15, 0.2) is 0 Å². The first-order valence-electron chi connectivity index (χ1n) is 12.3. The predicted octanol–water partition coefficient (Wildman–Crippen LogP) is 6.98. The molecule has 0 aromatic heterocycles. The average Bonchev–Trinajstić information content (AvgIpc) is 3.17. The van der Waals surface area contributed by atoms with Crippen LogP contribution in [0.2, 0.25) is 5.02 Å². The van der Waals surface area contributed by atoms with Gasteiger partial charge in [-0.1, -0.05) is 84.4 Å². The standard InChI is InChI=1S/C32H27ClN2O2/c1-21(2)34-31(36)25-12-8-9-22(19-25)20-35-28-14-7-6-13-27(28)30(32(35)37)29(23-10-4-3-5-11-23)24-15-17-26(33)18-16-24/h3-19,21H,20H2,1-2H3,(H,34,36). The summed E-state index contributed by atoms with van der Waals surface area (Å²) in [6.45, 7) is 4.21. The van der Waals surface area contributed by atoms with Crippen molar-refractivity contribution in [1.29, 1.82) is 0 Å². The quantitative estimate of drug-likeness (QED) is 0.287. The Kier molecular flexibility index (Phi) is 6.93. The van der Waals surface area contributed by atoms with Crippen LogP contribution < -0.4 is 10.2 Å². The lowest BCUT2D eigenvalue weighted by Gasteiger charge is -2.18. The SMILES string of the molecule is CC(C)NC(=O)c1cccc(CN2C(=O)C(=C(c3ccccc3)c3ccc(Cl)cc3)c3ccccc32)c1. The number of nitrogens with zero attached hydrogens (tertiary/aromatic N) is 1. The molecule has 0 unspecified atom stereocenters. The highest BCUT2D eigenvalue weighted by Crippen LogP contribution is 2.43. The van der Waals surface area contributed by atoms with E-state index >= 15 is 0 Å². The number of halogens is 1. The van der Waals surface area contributed by atoms with Gasteiger partial charge in [0.1, 0.15) is 0 Å². The zero-order valence-corrected chi connectivity index (χ0v) is 21.5. The number of para-hydroxylation sites is 1. The smallest absolute Gasteiger partial charge is 0.259 e. The normalized spacial score (nSPS) is 14.1. The van der Waals surface area contributed by atoms with Crippen LogP contribution in [0.5, 0.6) is 0 Å². The summed E-state index contributed by atoms with van der Waals surface area (Å²) in [6.07, 6.45) is 0. The molecular weight excluding hydrogens is 480 g/mol. The lowest BCUT2D eigenvalue weighted by molar-refractivity contribution is -0.113. The van der Waals surface area contributed by atoms with Crippen LogP contribution in [0.3, 0.4) is 0 Å². The molecule has 4 aromatic rings. The molecular formula is C32H27ClN2O2. The fraction of sp³-hybridized carbons (Fsp3) is 0.125. The fourth-order valence-corrected chi connectivity index (χ4v) is 4.82. The number of anilines is 1. The number of carbonyl (C=O) groups excluding carboxylic acids is 2. The number of carbonyl (C=O) groups is 2. The van der Waals surface area contributed by atoms with E-state index in [0.717, 1.165) is 33.5 Å². The third-order valence-electron chi connectivity index (χ3n) is 6.32. The maximum atomic E-state index is 14.1. The van der Waals surface area contributed by atoms with Gasteiger partial charge in [-0.3, -0.25) is 9.59 Å². The molecule has 1 N–H and O–H groups in total. The Bertz CT molecular complexity index is 1490. The van der Waals surface area contributed by atoms with E-state index < -0.39 is 0 Å². The van der Waals surface area contributed by atoms with Crippen molar-refractivity contribution in [2.45, 2.75) is 26.4 Å². The van der Waals surface area contributed by atoms with Crippen molar-refractivity contribution in [3.05, 3.63) is 136 Å². The van der Waals surface area contributed by atoms with Gasteiger partial charge in [0.05, 0.1) is 17.8 Å². The van der Waals surface area contributed by atoms with Crippen LogP contribution in [0.15, 0.2) is 103 Å². The monoisotopic (exact) mass is 506 g/mol. The number of nitrogens with one attached hydrogen (secondary N) is 1. The van der Waals surface area contributed by atoms with E-state index in [0.29, 0.717) is 22.7 Å². The number of fused-ring (bicyclic) bond motifs is 1. The van der Waals surface area contributed by atoms with Crippen LogP contribution in [0.1, 0.15) is 46.5 Å². The Labute approximate surface area is 222 Å². The van der Waals surface area contributed by atoms with Crippen molar-refractivity contribution >= 4 is 40.2 Å². The van der Waals surface area contributed by atoms with Crippen LogP contribution in [0, 0.1) is 0 Å². The van der Waals surface area contributed by atoms with Gasteiger partial charge in [0.2, 0.25) is 0 Å². The molecule has 0 fully saturated rings. The van der Waals surface area contributed by atoms with Gasteiger partial charge in [-0.15, -0.1) is 0 Å². The molecule has 0 atom stereocenters.